The Morgan fingerprint density at radius 3 is 2.68 bits per heavy atom. The number of likely N-dealkylation sites (N-methyl/N-ethyl adjacent to an activating group) is 1. The minimum absolute atomic E-state index is 0.134. The van der Waals surface area contributed by atoms with Gasteiger partial charge >= 0.3 is 0 Å². The Balaban J connectivity index is 1.99. The summed E-state index contributed by atoms with van der Waals surface area (Å²) in [6.45, 7) is 3.51. The van der Waals surface area contributed by atoms with Crippen LogP contribution in [0.3, 0.4) is 0 Å². The molecule has 102 valence electrons. The van der Waals surface area contributed by atoms with Crippen LogP contribution < -0.4 is 10.1 Å². The third kappa shape index (κ3) is 3.98. The molecule has 4 nitrogen and oxygen atoms in total. The van der Waals surface area contributed by atoms with Gasteiger partial charge in [0, 0.05) is 23.8 Å². The summed E-state index contributed by atoms with van der Waals surface area (Å²) in [5.41, 5.74) is 1.12. The van der Waals surface area contributed by atoms with Gasteiger partial charge in [0.25, 0.3) is 0 Å². The zero-order valence-corrected chi connectivity index (χ0v) is 11.9. The van der Waals surface area contributed by atoms with E-state index in [1.165, 1.54) is 0 Å². The summed E-state index contributed by atoms with van der Waals surface area (Å²) in [4.78, 5) is 0. The van der Waals surface area contributed by atoms with Gasteiger partial charge in [-0.2, -0.15) is 5.10 Å². The Labute approximate surface area is 118 Å². The van der Waals surface area contributed by atoms with Crippen LogP contribution in [0.2, 0.25) is 5.02 Å². The summed E-state index contributed by atoms with van der Waals surface area (Å²) in [5, 5.41) is 8.29. The highest BCUT2D eigenvalue weighted by atomic mass is 35.5. The molecule has 0 aliphatic carbocycles. The first-order valence-corrected chi connectivity index (χ1v) is 6.67. The highest BCUT2D eigenvalue weighted by Crippen LogP contribution is 2.18. The van der Waals surface area contributed by atoms with Gasteiger partial charge in [-0.05, 0) is 30.8 Å². The first-order chi connectivity index (χ1) is 9.19. The normalized spacial score (nSPS) is 12.4. The van der Waals surface area contributed by atoms with Crippen molar-refractivity contribution in [3.63, 3.8) is 0 Å². The molecule has 0 aliphatic heterocycles. The SMILES string of the molecule is CCNC(COc1ccc(Cl)cc1)c1cnn(C)c1. The molecule has 0 aliphatic rings. The summed E-state index contributed by atoms with van der Waals surface area (Å²) in [5.74, 6) is 0.816. The lowest BCUT2D eigenvalue weighted by Crippen LogP contribution is -2.26. The van der Waals surface area contributed by atoms with Gasteiger partial charge < -0.3 is 10.1 Å². The van der Waals surface area contributed by atoms with E-state index in [-0.39, 0.29) is 6.04 Å². The van der Waals surface area contributed by atoms with Crippen molar-refractivity contribution in [2.45, 2.75) is 13.0 Å². The number of nitrogens with one attached hydrogen (secondary N) is 1. The van der Waals surface area contributed by atoms with Crippen molar-refractivity contribution in [1.29, 1.82) is 0 Å². The number of rotatable bonds is 6. The minimum atomic E-state index is 0.134. The monoisotopic (exact) mass is 279 g/mol. The van der Waals surface area contributed by atoms with Gasteiger partial charge in [-0.1, -0.05) is 18.5 Å². The molecule has 1 N–H and O–H groups in total. The van der Waals surface area contributed by atoms with Gasteiger partial charge in [0.15, 0.2) is 0 Å². The molecule has 1 unspecified atom stereocenters. The Morgan fingerprint density at radius 1 is 1.37 bits per heavy atom. The van der Waals surface area contributed by atoms with Crippen LogP contribution in [0.5, 0.6) is 5.75 Å². The summed E-state index contributed by atoms with van der Waals surface area (Å²) >= 11 is 5.84. The lowest BCUT2D eigenvalue weighted by molar-refractivity contribution is 0.268. The van der Waals surface area contributed by atoms with Crippen LogP contribution >= 0.6 is 11.6 Å². The summed E-state index contributed by atoms with van der Waals surface area (Å²) in [6, 6.07) is 7.52. The molecular formula is C14H18ClN3O. The van der Waals surface area contributed by atoms with Gasteiger partial charge in [0.05, 0.1) is 12.2 Å². The number of benzene rings is 1. The maximum Gasteiger partial charge on any atom is 0.119 e. The van der Waals surface area contributed by atoms with E-state index in [0.717, 1.165) is 17.9 Å². The van der Waals surface area contributed by atoms with Gasteiger partial charge in [0.1, 0.15) is 12.4 Å². The van der Waals surface area contributed by atoms with E-state index in [9.17, 15) is 0 Å². The highest BCUT2D eigenvalue weighted by Gasteiger charge is 2.12. The first kappa shape index (κ1) is 13.9. The Morgan fingerprint density at radius 2 is 2.11 bits per heavy atom. The molecular weight excluding hydrogens is 262 g/mol. The summed E-state index contributed by atoms with van der Waals surface area (Å²) in [7, 11) is 1.91. The fourth-order valence-electron chi connectivity index (χ4n) is 1.85. The molecule has 0 saturated heterocycles. The molecule has 1 atom stereocenters. The summed E-state index contributed by atoms with van der Waals surface area (Å²) in [6.07, 6.45) is 3.86. The molecule has 1 aromatic carbocycles. The van der Waals surface area contributed by atoms with Crippen molar-refractivity contribution in [3.05, 3.63) is 47.2 Å². The number of ether oxygens (including phenoxy) is 1. The zero-order chi connectivity index (χ0) is 13.7. The molecule has 1 aromatic heterocycles. The third-order valence-corrected chi connectivity index (χ3v) is 3.06. The maximum atomic E-state index is 5.84. The lowest BCUT2D eigenvalue weighted by atomic mass is 10.2. The van der Waals surface area contributed by atoms with Gasteiger partial charge in [0.2, 0.25) is 0 Å². The number of aromatic nitrogens is 2. The minimum Gasteiger partial charge on any atom is -0.492 e. The van der Waals surface area contributed by atoms with E-state index in [0.29, 0.717) is 11.6 Å². The molecule has 1 heterocycles. The number of nitrogens with zero attached hydrogens (tertiary/aromatic N) is 2. The van der Waals surface area contributed by atoms with Crippen molar-refractivity contribution in [2.75, 3.05) is 13.2 Å². The quantitative estimate of drug-likeness (QED) is 0.884. The summed E-state index contributed by atoms with van der Waals surface area (Å²) < 4.78 is 7.57. The molecule has 0 bridgehead atoms. The zero-order valence-electron chi connectivity index (χ0n) is 11.1. The van der Waals surface area contributed by atoms with Crippen LogP contribution in [0.4, 0.5) is 0 Å². The van der Waals surface area contributed by atoms with E-state index in [1.807, 2.05) is 43.7 Å². The predicted molar refractivity (Wildman–Crippen MR) is 76.6 cm³/mol. The van der Waals surface area contributed by atoms with Gasteiger partial charge in [-0.25, -0.2) is 0 Å². The van der Waals surface area contributed by atoms with Crippen molar-refractivity contribution in [1.82, 2.24) is 15.1 Å². The molecule has 2 aromatic rings. The Bertz CT molecular complexity index is 510. The van der Waals surface area contributed by atoms with Crippen molar-refractivity contribution >= 4 is 11.6 Å². The van der Waals surface area contributed by atoms with Crippen LogP contribution in [0.25, 0.3) is 0 Å². The van der Waals surface area contributed by atoms with E-state index in [4.69, 9.17) is 16.3 Å². The van der Waals surface area contributed by atoms with Gasteiger partial charge in [-0.3, -0.25) is 4.68 Å². The number of hydrogen-bond donors (Lipinski definition) is 1. The number of halogens is 1. The highest BCUT2D eigenvalue weighted by molar-refractivity contribution is 6.30. The second-order valence-electron chi connectivity index (χ2n) is 4.32. The van der Waals surface area contributed by atoms with E-state index in [1.54, 1.807) is 4.68 Å². The Hall–Kier alpha value is -1.52. The van der Waals surface area contributed by atoms with Crippen LogP contribution in [0.1, 0.15) is 18.5 Å². The topological polar surface area (TPSA) is 39.1 Å². The third-order valence-electron chi connectivity index (χ3n) is 2.81. The molecule has 19 heavy (non-hydrogen) atoms. The van der Waals surface area contributed by atoms with Crippen molar-refractivity contribution < 1.29 is 4.74 Å². The van der Waals surface area contributed by atoms with Crippen molar-refractivity contribution in [2.24, 2.45) is 7.05 Å². The average molecular weight is 280 g/mol. The molecule has 5 heteroatoms. The molecule has 2 rings (SSSR count). The van der Waals surface area contributed by atoms with Crippen LogP contribution in [-0.2, 0) is 7.05 Å². The Kier molecular flexibility index (Phi) is 4.82. The van der Waals surface area contributed by atoms with Crippen LogP contribution in [0, 0.1) is 0 Å². The average Bonchev–Trinajstić information content (AvgIpc) is 2.83. The van der Waals surface area contributed by atoms with Crippen LogP contribution in [-0.4, -0.2) is 22.9 Å². The molecule has 0 saturated carbocycles. The largest absolute Gasteiger partial charge is 0.492 e. The molecule has 0 amide bonds. The molecule has 0 fully saturated rings. The van der Waals surface area contributed by atoms with Crippen LogP contribution in [0.15, 0.2) is 36.7 Å². The van der Waals surface area contributed by atoms with E-state index < -0.39 is 0 Å². The maximum absolute atomic E-state index is 5.84. The second-order valence-corrected chi connectivity index (χ2v) is 4.76. The fourth-order valence-corrected chi connectivity index (χ4v) is 1.98. The fraction of sp³-hybridized carbons (Fsp3) is 0.357. The predicted octanol–water partition coefficient (Wildman–Crippen LogP) is 2.80. The van der Waals surface area contributed by atoms with Crippen molar-refractivity contribution in [3.8, 4) is 5.75 Å². The smallest absolute Gasteiger partial charge is 0.119 e. The van der Waals surface area contributed by atoms with E-state index >= 15 is 0 Å². The standard InChI is InChI=1S/C14H18ClN3O/c1-3-16-14(11-8-17-18(2)9-11)10-19-13-6-4-12(15)5-7-13/h4-9,14,16H,3,10H2,1-2H3. The molecule has 0 spiro atoms. The first-order valence-electron chi connectivity index (χ1n) is 6.29. The second kappa shape index (κ2) is 6.59. The number of aryl methyl sites for hydroxylation is 1. The van der Waals surface area contributed by atoms with Gasteiger partial charge in [-0.15, -0.1) is 0 Å². The van der Waals surface area contributed by atoms with E-state index in [2.05, 4.69) is 17.3 Å². The lowest BCUT2D eigenvalue weighted by Gasteiger charge is -2.17. The molecule has 0 radical (unpaired) electrons. The number of hydrogen-bond acceptors (Lipinski definition) is 3.